The number of allylic oxidation sites excluding steroid dienone is 6. The van der Waals surface area contributed by atoms with Crippen molar-refractivity contribution in [3.63, 3.8) is 0 Å². The molecule has 1 aliphatic heterocycles. The van der Waals surface area contributed by atoms with Gasteiger partial charge in [0.1, 0.15) is 16.2 Å². The van der Waals surface area contributed by atoms with Gasteiger partial charge in [0.05, 0.1) is 5.69 Å². The summed E-state index contributed by atoms with van der Waals surface area (Å²) >= 11 is 1.85. The van der Waals surface area contributed by atoms with Crippen molar-refractivity contribution in [3.05, 3.63) is 177 Å². The van der Waals surface area contributed by atoms with Crippen LogP contribution in [0.2, 0.25) is 0 Å². The fourth-order valence-electron chi connectivity index (χ4n) is 8.65. The number of ether oxygens (including phenoxy) is 3. The highest BCUT2D eigenvalue weighted by Gasteiger charge is 2.30. The van der Waals surface area contributed by atoms with Gasteiger partial charge in [-0.1, -0.05) is 96.3 Å². The summed E-state index contributed by atoms with van der Waals surface area (Å²) in [7, 11) is 0. The summed E-state index contributed by atoms with van der Waals surface area (Å²) < 4.78 is 23.5. The van der Waals surface area contributed by atoms with Crippen molar-refractivity contribution in [2.45, 2.75) is 60.1 Å². The van der Waals surface area contributed by atoms with E-state index < -0.39 is 0 Å². The maximum atomic E-state index is 6.63. The minimum Gasteiger partial charge on any atom is -0.472 e. The molecule has 1 aromatic heterocycles. The molecule has 2 heterocycles. The second-order valence-corrected chi connectivity index (χ2v) is 17.1. The Bertz CT molecular complexity index is 2880. The van der Waals surface area contributed by atoms with Gasteiger partial charge in [0, 0.05) is 29.0 Å². The molecule has 1 unspecified atom stereocenters. The molecule has 288 valence electrons. The number of hydrogen-bond donors (Lipinski definition) is 0. The molecule has 0 N–H and O–H groups in total. The van der Waals surface area contributed by atoms with Crippen LogP contribution in [-0.4, -0.2) is 6.73 Å². The average molecular weight is 780 g/mol. The number of fused-ring (bicyclic) bond motifs is 5. The first kappa shape index (κ1) is 36.2. The number of nitrogens with zero attached hydrogens (tertiary/aromatic N) is 2. The smallest absolute Gasteiger partial charge is 0.293 e. The van der Waals surface area contributed by atoms with Crippen LogP contribution in [0.4, 0.5) is 5.69 Å². The molecule has 0 saturated heterocycles. The topological polar surface area (TPSA) is 34.8 Å². The quantitative estimate of drug-likeness (QED) is 0.144. The zero-order valence-corrected chi connectivity index (χ0v) is 34.4. The van der Waals surface area contributed by atoms with Crippen LogP contribution in [0.25, 0.3) is 37.8 Å². The van der Waals surface area contributed by atoms with Crippen LogP contribution >= 0.6 is 11.3 Å². The lowest BCUT2D eigenvalue weighted by molar-refractivity contribution is -0.698. The van der Waals surface area contributed by atoms with Gasteiger partial charge in [-0.25, -0.2) is 0 Å². The van der Waals surface area contributed by atoms with Gasteiger partial charge in [0.25, 0.3) is 11.7 Å². The predicted octanol–water partition coefficient (Wildman–Crippen LogP) is 13.0. The monoisotopic (exact) mass is 779 g/mol. The third-order valence-corrected chi connectivity index (χ3v) is 13.3. The molecule has 7 aromatic rings. The molecular weight excluding hydrogens is 733 g/mol. The molecule has 0 fully saturated rings. The number of hydrogen-bond acceptors (Lipinski definition) is 5. The number of rotatable bonds is 8. The zero-order chi connectivity index (χ0) is 39.3. The molecule has 0 radical (unpaired) electrons. The van der Waals surface area contributed by atoms with Crippen LogP contribution in [0, 0.1) is 33.6 Å². The molecule has 58 heavy (non-hydrogen) atoms. The SMILES string of the molecule is Cc1cc2c(cc1C)N(COc1cccc3ccccc13)C(=CC1=CC3=CC(=Cc4sc5cc(C)c(C)cc5[n+]4COc4cccc5ccccc45)CCC3CC1)O2. The van der Waals surface area contributed by atoms with E-state index in [1.165, 1.54) is 59.6 Å². The second-order valence-electron chi connectivity index (χ2n) is 16.0. The molecule has 0 saturated carbocycles. The molecule has 6 heteroatoms. The van der Waals surface area contributed by atoms with Crippen molar-refractivity contribution < 1.29 is 18.8 Å². The van der Waals surface area contributed by atoms with Gasteiger partial charge < -0.3 is 14.2 Å². The van der Waals surface area contributed by atoms with E-state index in [0.29, 0.717) is 19.4 Å². The lowest BCUT2D eigenvalue weighted by atomic mass is 9.77. The van der Waals surface area contributed by atoms with Crippen molar-refractivity contribution in [3.8, 4) is 17.2 Å². The molecule has 2 aliphatic carbocycles. The van der Waals surface area contributed by atoms with Crippen molar-refractivity contribution in [1.29, 1.82) is 0 Å². The maximum Gasteiger partial charge on any atom is 0.293 e. The van der Waals surface area contributed by atoms with E-state index in [2.05, 4.69) is 171 Å². The largest absolute Gasteiger partial charge is 0.472 e. The standard InChI is InChI=1S/C52H47N2O3S/c1-33-23-45-49(25-35(33)3)57-51(53(45)31-55-47-17-9-13-40-11-5-7-15-43(40)47)29-37-19-21-39-22-20-38(28-42(39)27-37)30-52-54(46-24-34(2)36(4)26-50(46)58-52)32-56-48-18-10-14-41-12-6-8-16-44(41)48/h5-18,23-30,39H,19-22,31-32H2,1-4H3/q+1. The number of benzene rings is 6. The first-order valence-electron chi connectivity index (χ1n) is 20.4. The Morgan fingerprint density at radius 1 is 0.707 bits per heavy atom. The molecule has 1 atom stereocenters. The van der Waals surface area contributed by atoms with Crippen LogP contribution in [0.3, 0.4) is 0 Å². The molecule has 10 rings (SSSR count). The summed E-state index contributed by atoms with van der Waals surface area (Å²) in [6.45, 7) is 9.48. The molecule has 3 aliphatic rings. The summed E-state index contributed by atoms with van der Waals surface area (Å²) in [4.78, 5) is 2.18. The molecule has 6 aromatic carbocycles. The van der Waals surface area contributed by atoms with E-state index in [1.54, 1.807) is 0 Å². The Morgan fingerprint density at radius 2 is 1.36 bits per heavy atom. The third kappa shape index (κ3) is 6.86. The number of thiazole rings is 1. The normalized spacial score (nSPS) is 17.7. The lowest BCUT2D eigenvalue weighted by Crippen LogP contribution is -2.38. The second kappa shape index (κ2) is 15.0. The van der Waals surface area contributed by atoms with Crippen molar-refractivity contribution >= 4 is 54.9 Å². The van der Waals surface area contributed by atoms with Crippen LogP contribution in [-0.2, 0) is 6.73 Å². The van der Waals surface area contributed by atoms with E-state index in [-0.39, 0.29) is 0 Å². The summed E-state index contributed by atoms with van der Waals surface area (Å²) in [6.07, 6.45) is 13.9. The molecular formula is C52H47N2O3S+. The number of anilines is 1. The summed E-state index contributed by atoms with van der Waals surface area (Å²) in [6, 6.07) is 38.4. The first-order chi connectivity index (χ1) is 28.3. The van der Waals surface area contributed by atoms with Crippen LogP contribution < -0.4 is 23.7 Å². The van der Waals surface area contributed by atoms with Gasteiger partial charge in [-0.05, 0) is 139 Å². The highest BCUT2D eigenvalue weighted by atomic mass is 32.1. The number of aromatic nitrogens is 1. The molecule has 5 nitrogen and oxygen atoms in total. The van der Waals surface area contributed by atoms with Gasteiger partial charge in [-0.2, -0.15) is 0 Å². The zero-order valence-electron chi connectivity index (χ0n) is 33.5. The molecule has 0 amide bonds. The van der Waals surface area contributed by atoms with E-state index in [0.717, 1.165) is 70.7 Å². The van der Waals surface area contributed by atoms with Crippen molar-refractivity contribution in [1.82, 2.24) is 0 Å². The molecule has 0 spiro atoms. The van der Waals surface area contributed by atoms with Crippen LogP contribution in [0.15, 0.2) is 150 Å². The van der Waals surface area contributed by atoms with E-state index >= 15 is 0 Å². The average Bonchev–Trinajstić information content (AvgIpc) is 3.73. The van der Waals surface area contributed by atoms with Crippen LogP contribution in [0.1, 0.15) is 52.9 Å². The van der Waals surface area contributed by atoms with E-state index in [9.17, 15) is 0 Å². The van der Waals surface area contributed by atoms with E-state index in [4.69, 9.17) is 14.2 Å². The lowest BCUT2D eigenvalue weighted by Gasteiger charge is -2.28. The highest BCUT2D eigenvalue weighted by Crippen LogP contribution is 2.44. The highest BCUT2D eigenvalue weighted by molar-refractivity contribution is 7.18. The Kier molecular flexibility index (Phi) is 9.37. The third-order valence-electron chi connectivity index (χ3n) is 12.2. The van der Waals surface area contributed by atoms with Gasteiger partial charge >= 0.3 is 0 Å². The van der Waals surface area contributed by atoms with Gasteiger partial charge in [0.2, 0.25) is 11.4 Å². The first-order valence-corrected chi connectivity index (χ1v) is 21.2. The van der Waals surface area contributed by atoms with Crippen LogP contribution in [0.5, 0.6) is 17.2 Å². The fraction of sp³-hybridized carbons (Fsp3) is 0.212. The van der Waals surface area contributed by atoms with Gasteiger partial charge in [-0.3, -0.25) is 4.90 Å². The Hall–Kier alpha value is -6.11. The molecule has 0 bridgehead atoms. The summed E-state index contributed by atoms with van der Waals surface area (Å²) in [5.41, 5.74) is 11.3. The summed E-state index contributed by atoms with van der Waals surface area (Å²) in [5, 5.41) is 5.79. The van der Waals surface area contributed by atoms with E-state index in [1.807, 2.05) is 11.3 Å². The van der Waals surface area contributed by atoms with Crippen molar-refractivity contribution in [2.75, 3.05) is 11.6 Å². The Balaban J connectivity index is 0.965. The Labute approximate surface area is 344 Å². The minimum atomic E-state index is 0.346. The van der Waals surface area contributed by atoms with Gasteiger partial charge in [-0.15, -0.1) is 4.57 Å². The fourth-order valence-corrected chi connectivity index (χ4v) is 9.86. The van der Waals surface area contributed by atoms with Crippen molar-refractivity contribution in [2.24, 2.45) is 5.92 Å². The number of aryl methyl sites for hydroxylation is 4. The summed E-state index contributed by atoms with van der Waals surface area (Å²) in [5.74, 6) is 4.01. The minimum absolute atomic E-state index is 0.346. The Morgan fingerprint density at radius 3 is 2.14 bits per heavy atom. The predicted molar refractivity (Wildman–Crippen MR) is 239 cm³/mol. The maximum absolute atomic E-state index is 6.63. The van der Waals surface area contributed by atoms with Gasteiger partial charge in [0.15, 0.2) is 12.5 Å².